The molecule has 0 spiro atoms. The highest BCUT2D eigenvalue weighted by Gasteiger charge is 2.28. The Kier molecular flexibility index (Phi) is 3.25. The van der Waals surface area contributed by atoms with E-state index in [4.69, 9.17) is 0 Å². The molecule has 0 aliphatic heterocycles. The lowest BCUT2D eigenvalue weighted by Gasteiger charge is -2.26. The van der Waals surface area contributed by atoms with E-state index in [1.54, 1.807) is 12.1 Å². The number of aromatic hydroxyl groups is 1. The average Bonchev–Trinajstić information content (AvgIpc) is 2.75. The molecule has 0 unspecified atom stereocenters. The van der Waals surface area contributed by atoms with Gasteiger partial charge in [0.2, 0.25) is 0 Å². The molecule has 5 aromatic carbocycles. The number of phenolic OH excluding ortho intramolecular Hbond substituents is 1. The first kappa shape index (κ1) is 17.8. The molecule has 0 saturated carbocycles. The van der Waals surface area contributed by atoms with Gasteiger partial charge >= 0.3 is 0 Å². The van der Waals surface area contributed by atoms with Crippen LogP contribution in [-0.4, -0.2) is 18.1 Å². The van der Waals surface area contributed by atoms with Crippen LogP contribution in [0, 0.1) is 0 Å². The number of benzene rings is 5. The maximum absolute atomic E-state index is 12.6. The van der Waals surface area contributed by atoms with E-state index >= 15 is 0 Å². The van der Waals surface area contributed by atoms with Crippen molar-refractivity contribution in [2.45, 2.75) is 43.4 Å². The number of aryl methyl sites for hydroxylation is 4. The zero-order valence-corrected chi connectivity index (χ0v) is 17.6. The van der Waals surface area contributed by atoms with Crippen molar-refractivity contribution in [3.63, 3.8) is 0 Å². The summed E-state index contributed by atoms with van der Waals surface area (Å²) in [4.78, 5) is -0.0900. The van der Waals surface area contributed by atoms with Crippen LogP contribution in [0.4, 0.5) is 0 Å². The molecule has 31 heavy (non-hydrogen) atoms. The number of hydrogen-bond donors (Lipinski definition) is 2. The Hall–Kier alpha value is -2.89. The minimum atomic E-state index is -4.48. The zero-order valence-electron chi connectivity index (χ0n) is 16.8. The lowest BCUT2D eigenvalue weighted by Crippen LogP contribution is -2.08. The van der Waals surface area contributed by atoms with E-state index in [1.165, 1.54) is 11.1 Å². The topological polar surface area (TPSA) is 74.6 Å². The molecule has 5 heteroatoms. The molecular formula is C26H20O4S. The van der Waals surface area contributed by atoms with Crippen molar-refractivity contribution < 1.29 is 18.1 Å². The van der Waals surface area contributed by atoms with Crippen molar-refractivity contribution in [2.24, 2.45) is 0 Å². The van der Waals surface area contributed by atoms with Crippen LogP contribution in [0.25, 0.3) is 43.1 Å². The highest BCUT2D eigenvalue weighted by molar-refractivity contribution is 7.86. The molecule has 154 valence electrons. The average molecular weight is 429 g/mol. The van der Waals surface area contributed by atoms with Gasteiger partial charge in [-0.1, -0.05) is 24.3 Å². The van der Waals surface area contributed by atoms with Crippen molar-refractivity contribution in [2.75, 3.05) is 0 Å². The van der Waals surface area contributed by atoms with Gasteiger partial charge in [0.1, 0.15) is 10.6 Å². The summed E-state index contributed by atoms with van der Waals surface area (Å²) >= 11 is 0. The summed E-state index contributed by atoms with van der Waals surface area (Å²) in [5.41, 5.74) is 4.52. The molecule has 2 N–H and O–H groups in total. The van der Waals surface area contributed by atoms with Gasteiger partial charge in [0, 0.05) is 16.2 Å². The van der Waals surface area contributed by atoms with Crippen molar-refractivity contribution in [3.05, 3.63) is 58.7 Å². The van der Waals surface area contributed by atoms with E-state index in [2.05, 4.69) is 24.3 Å². The Morgan fingerprint density at radius 3 is 1.71 bits per heavy atom. The van der Waals surface area contributed by atoms with Crippen LogP contribution in [0.15, 0.2) is 41.3 Å². The Balaban J connectivity index is 1.91. The molecule has 0 saturated heterocycles. The summed E-state index contributed by atoms with van der Waals surface area (Å²) in [5, 5.41) is 18.2. The number of rotatable bonds is 1. The Morgan fingerprint density at radius 2 is 1.13 bits per heavy atom. The molecule has 7 rings (SSSR count). The standard InChI is InChI=1S/C26H20O4S/c27-19-11-15-5-1-3-13-7-9-17-18-10-8-14-4-2-6-16-12-20(31(28,29)30)26(24(18)22(14)16)25(19)23(17)21(13)15/h7-12,27H,1-6H2,(H,28,29,30). The molecule has 0 bridgehead atoms. The molecule has 5 aromatic rings. The third-order valence-corrected chi connectivity index (χ3v) is 8.32. The largest absolute Gasteiger partial charge is 0.507 e. The molecule has 0 radical (unpaired) electrons. The lowest BCUT2D eigenvalue weighted by atomic mass is 9.79. The van der Waals surface area contributed by atoms with E-state index in [0.717, 1.165) is 82.0 Å². The minimum Gasteiger partial charge on any atom is -0.507 e. The van der Waals surface area contributed by atoms with E-state index < -0.39 is 10.1 Å². The van der Waals surface area contributed by atoms with Crippen molar-refractivity contribution in [1.29, 1.82) is 0 Å². The summed E-state index contributed by atoms with van der Waals surface area (Å²) in [5.74, 6) is 0.0925. The van der Waals surface area contributed by atoms with Crippen molar-refractivity contribution in [1.82, 2.24) is 0 Å². The maximum Gasteiger partial charge on any atom is 0.295 e. The van der Waals surface area contributed by atoms with Gasteiger partial charge in [-0.25, -0.2) is 0 Å². The molecule has 2 aliphatic rings. The number of phenols is 1. The lowest BCUT2D eigenvalue weighted by molar-refractivity contribution is 0.481. The Morgan fingerprint density at radius 1 is 0.613 bits per heavy atom. The molecule has 2 aliphatic carbocycles. The minimum absolute atomic E-state index is 0.0900. The van der Waals surface area contributed by atoms with Crippen molar-refractivity contribution in [3.8, 4) is 5.75 Å². The van der Waals surface area contributed by atoms with Crippen LogP contribution in [-0.2, 0) is 35.8 Å². The van der Waals surface area contributed by atoms with Gasteiger partial charge in [0.15, 0.2) is 0 Å². The second-order valence-corrected chi connectivity index (χ2v) is 10.5. The van der Waals surface area contributed by atoms with Gasteiger partial charge < -0.3 is 5.11 Å². The van der Waals surface area contributed by atoms with E-state index in [-0.39, 0.29) is 10.6 Å². The number of fused-ring (bicyclic) bond motifs is 2. The fraction of sp³-hybridized carbons (Fsp3) is 0.231. The summed E-state index contributed by atoms with van der Waals surface area (Å²) in [7, 11) is -4.48. The van der Waals surface area contributed by atoms with Crippen LogP contribution >= 0.6 is 0 Å². The first-order chi connectivity index (χ1) is 14.9. The third-order valence-electron chi connectivity index (χ3n) is 7.45. The second-order valence-electron chi connectivity index (χ2n) is 9.07. The van der Waals surface area contributed by atoms with E-state index in [9.17, 15) is 18.1 Å². The molecule has 4 nitrogen and oxygen atoms in total. The summed E-state index contributed by atoms with van der Waals surface area (Å²) in [6, 6.07) is 12.0. The molecule has 0 atom stereocenters. The van der Waals surface area contributed by atoms with Crippen LogP contribution in [0.3, 0.4) is 0 Å². The first-order valence-corrected chi connectivity index (χ1v) is 12.3. The third kappa shape index (κ3) is 2.15. The summed E-state index contributed by atoms with van der Waals surface area (Å²) < 4.78 is 35.4. The SMILES string of the molecule is O=S(=O)(O)c1cc2c3c(ccc4c5ccc6c7c(cc(O)c(c1c34)c75)CCC6)CCC2. The predicted molar refractivity (Wildman–Crippen MR) is 123 cm³/mol. The normalized spacial score (nSPS) is 16.2. The predicted octanol–water partition coefficient (Wildman–Crippen LogP) is 5.67. The highest BCUT2D eigenvalue weighted by atomic mass is 32.2. The Labute approximate surface area is 179 Å². The zero-order chi connectivity index (χ0) is 21.1. The summed E-state index contributed by atoms with van der Waals surface area (Å²) in [6.45, 7) is 0. The molecule has 0 aromatic heterocycles. The fourth-order valence-corrected chi connectivity index (χ4v) is 7.06. The van der Waals surface area contributed by atoms with E-state index in [0.29, 0.717) is 10.8 Å². The van der Waals surface area contributed by atoms with Crippen molar-refractivity contribution >= 4 is 53.2 Å². The van der Waals surface area contributed by atoms with Crippen LogP contribution in [0.2, 0.25) is 0 Å². The molecular weight excluding hydrogens is 408 g/mol. The maximum atomic E-state index is 12.6. The summed E-state index contributed by atoms with van der Waals surface area (Å²) in [6.07, 6.45) is 5.58. The fourth-order valence-electron chi connectivity index (χ4n) is 6.31. The molecule has 0 heterocycles. The quantitative estimate of drug-likeness (QED) is 0.205. The van der Waals surface area contributed by atoms with Crippen LogP contribution in [0.5, 0.6) is 5.75 Å². The molecule has 0 amide bonds. The van der Waals surface area contributed by atoms with Gasteiger partial charge in [-0.15, -0.1) is 0 Å². The van der Waals surface area contributed by atoms with Gasteiger partial charge in [0.25, 0.3) is 10.1 Å². The Bertz CT molecular complexity index is 1710. The molecule has 0 fully saturated rings. The van der Waals surface area contributed by atoms with Gasteiger partial charge in [-0.2, -0.15) is 8.42 Å². The van der Waals surface area contributed by atoms with E-state index in [1.807, 2.05) is 0 Å². The highest BCUT2D eigenvalue weighted by Crippen LogP contribution is 2.50. The van der Waals surface area contributed by atoms with Crippen LogP contribution < -0.4 is 0 Å². The van der Waals surface area contributed by atoms with Gasteiger partial charge in [0.05, 0.1) is 0 Å². The smallest absolute Gasteiger partial charge is 0.295 e. The number of hydrogen-bond acceptors (Lipinski definition) is 3. The van der Waals surface area contributed by atoms with Gasteiger partial charge in [-0.05, 0) is 99.8 Å². The monoisotopic (exact) mass is 428 g/mol. The second kappa shape index (κ2) is 5.67. The first-order valence-electron chi connectivity index (χ1n) is 10.8. The van der Waals surface area contributed by atoms with Crippen LogP contribution in [0.1, 0.15) is 35.1 Å². The van der Waals surface area contributed by atoms with Gasteiger partial charge in [-0.3, -0.25) is 4.55 Å².